The summed E-state index contributed by atoms with van der Waals surface area (Å²) >= 11 is 0. The van der Waals surface area contributed by atoms with Gasteiger partial charge in [-0.25, -0.2) is 0 Å². The summed E-state index contributed by atoms with van der Waals surface area (Å²) in [5.41, 5.74) is 13.2. The lowest BCUT2D eigenvalue weighted by atomic mass is 9.96. The van der Waals surface area contributed by atoms with E-state index >= 15 is 0 Å². The Morgan fingerprint density at radius 2 is 0.702 bits per heavy atom. The molecule has 3 nitrogen and oxygen atoms in total. The second-order valence-corrected chi connectivity index (χ2v) is 12.4. The minimum atomic E-state index is 0.860. The van der Waals surface area contributed by atoms with Crippen LogP contribution >= 0.6 is 0 Å². The Labute approximate surface area is 275 Å². The molecule has 228 valence electrons. The Hall–Kier alpha value is -5.80. The van der Waals surface area contributed by atoms with Gasteiger partial charge in [0.05, 0.1) is 16.8 Å². The highest BCUT2D eigenvalue weighted by atomic mass is 16.3. The first-order valence-corrected chi connectivity index (χ1v) is 16.2. The number of anilines is 6. The van der Waals surface area contributed by atoms with Gasteiger partial charge in [-0.05, 0) is 80.3 Å². The van der Waals surface area contributed by atoms with Gasteiger partial charge in [-0.1, -0.05) is 115 Å². The van der Waals surface area contributed by atoms with Gasteiger partial charge in [0.1, 0.15) is 5.58 Å². The number of para-hydroxylation sites is 5. The van der Waals surface area contributed by atoms with Crippen molar-refractivity contribution < 1.29 is 4.42 Å². The van der Waals surface area contributed by atoms with E-state index in [1.165, 1.54) is 22.3 Å². The van der Waals surface area contributed by atoms with E-state index in [1.54, 1.807) is 0 Å². The maximum Gasteiger partial charge on any atom is 0.162 e. The third kappa shape index (κ3) is 4.66. The fourth-order valence-corrected chi connectivity index (χ4v) is 7.05. The number of aryl methyl sites for hydroxylation is 4. The molecule has 7 aromatic carbocycles. The number of nitrogens with zero attached hydrogens (tertiary/aromatic N) is 2. The number of hydrogen-bond donors (Lipinski definition) is 0. The minimum absolute atomic E-state index is 0.860. The molecule has 3 heteroatoms. The van der Waals surface area contributed by atoms with E-state index in [1.807, 2.05) is 0 Å². The standard InChI is InChI=1S/C44H36N2O/c1-29-17-5-12-24-36(29)45(37-25-13-6-18-30(37)2)42-33-21-9-10-22-34(33)43(44-41(42)35-23-11-16-28-40(35)47-44)46(38-26-14-7-19-31(38)3)39-27-15-8-20-32(39)4/h5-28H,1-4H3. The first kappa shape index (κ1) is 28.7. The predicted octanol–water partition coefficient (Wildman–Crippen LogP) is 12.9. The summed E-state index contributed by atoms with van der Waals surface area (Å²) in [7, 11) is 0. The molecule has 0 bridgehead atoms. The molecule has 1 heterocycles. The van der Waals surface area contributed by atoms with Crippen molar-refractivity contribution >= 4 is 66.8 Å². The Balaban J connectivity index is 1.61. The summed E-state index contributed by atoms with van der Waals surface area (Å²) in [6, 6.07) is 51.9. The van der Waals surface area contributed by atoms with E-state index in [4.69, 9.17) is 4.42 Å². The van der Waals surface area contributed by atoms with Gasteiger partial charge in [-0.3, -0.25) is 0 Å². The maximum atomic E-state index is 7.05. The molecule has 1 aromatic heterocycles. The topological polar surface area (TPSA) is 19.6 Å². The zero-order valence-corrected chi connectivity index (χ0v) is 27.2. The van der Waals surface area contributed by atoms with Crippen molar-refractivity contribution in [2.45, 2.75) is 27.7 Å². The van der Waals surface area contributed by atoms with Gasteiger partial charge in [0.2, 0.25) is 0 Å². The van der Waals surface area contributed by atoms with E-state index in [2.05, 4.69) is 183 Å². The molecule has 0 atom stereocenters. The number of benzene rings is 7. The van der Waals surface area contributed by atoms with Crippen LogP contribution in [0, 0.1) is 27.7 Å². The number of fused-ring (bicyclic) bond motifs is 4. The van der Waals surface area contributed by atoms with Crippen LogP contribution in [-0.2, 0) is 0 Å². The maximum absolute atomic E-state index is 7.05. The summed E-state index contributed by atoms with van der Waals surface area (Å²) in [5, 5.41) is 4.45. The zero-order valence-electron chi connectivity index (χ0n) is 27.2. The summed E-state index contributed by atoms with van der Waals surface area (Å²) in [4.78, 5) is 4.86. The molecule has 0 N–H and O–H groups in total. The smallest absolute Gasteiger partial charge is 0.162 e. The fourth-order valence-electron chi connectivity index (χ4n) is 7.05. The van der Waals surface area contributed by atoms with E-state index in [0.717, 1.165) is 66.8 Å². The average molecular weight is 609 g/mol. The molecule has 47 heavy (non-hydrogen) atoms. The van der Waals surface area contributed by atoms with Crippen molar-refractivity contribution in [2.24, 2.45) is 0 Å². The Morgan fingerprint density at radius 1 is 0.362 bits per heavy atom. The lowest BCUT2D eigenvalue weighted by Gasteiger charge is -2.33. The van der Waals surface area contributed by atoms with Gasteiger partial charge in [0.25, 0.3) is 0 Å². The van der Waals surface area contributed by atoms with E-state index in [0.29, 0.717) is 0 Å². The van der Waals surface area contributed by atoms with Crippen LogP contribution in [0.1, 0.15) is 22.3 Å². The normalized spacial score (nSPS) is 11.4. The van der Waals surface area contributed by atoms with Crippen molar-refractivity contribution in [3.05, 3.63) is 168 Å². The van der Waals surface area contributed by atoms with Gasteiger partial charge < -0.3 is 14.2 Å². The van der Waals surface area contributed by atoms with Crippen LogP contribution in [0.5, 0.6) is 0 Å². The third-order valence-electron chi connectivity index (χ3n) is 9.36. The van der Waals surface area contributed by atoms with Crippen LogP contribution < -0.4 is 9.80 Å². The van der Waals surface area contributed by atoms with Crippen LogP contribution in [0.25, 0.3) is 32.7 Å². The number of rotatable bonds is 6. The van der Waals surface area contributed by atoms with Crippen molar-refractivity contribution in [2.75, 3.05) is 9.80 Å². The highest BCUT2D eigenvalue weighted by Gasteiger charge is 2.30. The van der Waals surface area contributed by atoms with Crippen LogP contribution in [0.15, 0.2) is 150 Å². The van der Waals surface area contributed by atoms with E-state index in [9.17, 15) is 0 Å². The molecule has 0 aliphatic rings. The second-order valence-electron chi connectivity index (χ2n) is 12.4. The van der Waals surface area contributed by atoms with Crippen molar-refractivity contribution in [3.8, 4) is 0 Å². The third-order valence-corrected chi connectivity index (χ3v) is 9.36. The molecular weight excluding hydrogens is 572 g/mol. The summed E-state index contributed by atoms with van der Waals surface area (Å²) in [6.07, 6.45) is 0. The van der Waals surface area contributed by atoms with Crippen molar-refractivity contribution in [1.29, 1.82) is 0 Å². The quantitative estimate of drug-likeness (QED) is 0.175. The summed E-state index contributed by atoms with van der Waals surface area (Å²) < 4.78 is 7.05. The lowest BCUT2D eigenvalue weighted by molar-refractivity contribution is 0.669. The molecule has 0 unspecified atom stereocenters. The van der Waals surface area contributed by atoms with Crippen LogP contribution in [0.3, 0.4) is 0 Å². The molecule has 0 saturated carbocycles. The van der Waals surface area contributed by atoms with Gasteiger partial charge in [0, 0.05) is 38.9 Å². The van der Waals surface area contributed by atoms with Gasteiger partial charge in [-0.15, -0.1) is 0 Å². The van der Waals surface area contributed by atoms with Gasteiger partial charge in [0.15, 0.2) is 5.58 Å². The molecule has 0 amide bonds. The van der Waals surface area contributed by atoms with E-state index in [-0.39, 0.29) is 0 Å². The minimum Gasteiger partial charge on any atom is -0.454 e. The Morgan fingerprint density at radius 3 is 1.15 bits per heavy atom. The van der Waals surface area contributed by atoms with Crippen LogP contribution in [0.2, 0.25) is 0 Å². The molecule has 0 fully saturated rings. The van der Waals surface area contributed by atoms with Gasteiger partial charge in [-0.2, -0.15) is 0 Å². The lowest BCUT2D eigenvalue weighted by Crippen LogP contribution is -2.16. The molecule has 8 rings (SSSR count). The molecule has 0 saturated heterocycles. The van der Waals surface area contributed by atoms with E-state index < -0.39 is 0 Å². The average Bonchev–Trinajstić information content (AvgIpc) is 3.48. The molecule has 0 spiro atoms. The predicted molar refractivity (Wildman–Crippen MR) is 200 cm³/mol. The highest BCUT2D eigenvalue weighted by Crippen LogP contribution is 2.54. The fraction of sp³-hybridized carbons (Fsp3) is 0.0909. The highest BCUT2D eigenvalue weighted by molar-refractivity contribution is 6.28. The molecule has 0 aliphatic carbocycles. The molecular formula is C44H36N2O. The Kier molecular flexibility index (Phi) is 7.03. The number of hydrogen-bond acceptors (Lipinski definition) is 3. The number of furan rings is 1. The monoisotopic (exact) mass is 608 g/mol. The van der Waals surface area contributed by atoms with Crippen LogP contribution in [-0.4, -0.2) is 0 Å². The van der Waals surface area contributed by atoms with Crippen molar-refractivity contribution in [3.63, 3.8) is 0 Å². The SMILES string of the molecule is Cc1ccccc1N(c1ccccc1C)c1c2ccccc2c(N(c2ccccc2C)c2ccccc2C)c2c1oc1ccccc12. The summed E-state index contributed by atoms with van der Waals surface area (Å²) in [5.74, 6) is 0. The molecule has 8 aromatic rings. The largest absolute Gasteiger partial charge is 0.454 e. The van der Waals surface area contributed by atoms with Crippen molar-refractivity contribution in [1.82, 2.24) is 0 Å². The van der Waals surface area contributed by atoms with Gasteiger partial charge >= 0.3 is 0 Å². The molecule has 0 radical (unpaired) electrons. The summed E-state index contributed by atoms with van der Waals surface area (Å²) in [6.45, 7) is 8.76. The first-order chi connectivity index (χ1) is 23.0. The zero-order chi connectivity index (χ0) is 32.1. The first-order valence-electron chi connectivity index (χ1n) is 16.2. The van der Waals surface area contributed by atoms with Crippen LogP contribution in [0.4, 0.5) is 34.1 Å². The Bertz CT molecular complexity index is 2340. The second kappa shape index (κ2) is 11.5. The molecule has 0 aliphatic heterocycles.